The zero-order valence-electron chi connectivity index (χ0n) is 17.7. The maximum atomic E-state index is 12.8. The van der Waals surface area contributed by atoms with E-state index < -0.39 is 34.7 Å². The van der Waals surface area contributed by atoms with Crippen molar-refractivity contribution < 1.29 is 24.0 Å². The lowest BCUT2D eigenvalue weighted by atomic mass is 10.2. The first kappa shape index (κ1) is 24.7. The summed E-state index contributed by atoms with van der Waals surface area (Å²) in [4.78, 5) is 62.7. The second kappa shape index (κ2) is 10.7. The number of thiophene rings is 1. The molecule has 2 rings (SSSR count). The number of esters is 1. The van der Waals surface area contributed by atoms with E-state index in [4.69, 9.17) is 15.2 Å². The number of ether oxygens (including phenoxy) is 2. The van der Waals surface area contributed by atoms with Crippen LogP contribution in [0, 0.1) is 16.0 Å². The summed E-state index contributed by atoms with van der Waals surface area (Å²) < 4.78 is 11.1. The number of aromatic amines is 1. The molecular formula is C18H23N5O8S. The maximum Gasteiger partial charge on any atom is 0.349 e. The molecule has 0 fully saturated rings. The lowest BCUT2D eigenvalue weighted by Gasteiger charge is -2.24. The molecule has 13 nitrogen and oxygen atoms in total. The summed E-state index contributed by atoms with van der Waals surface area (Å²) in [6.07, 6.45) is 0. The normalized spacial score (nSPS) is 10.9. The minimum absolute atomic E-state index is 0.0210. The van der Waals surface area contributed by atoms with Gasteiger partial charge in [-0.05, 0) is 12.0 Å². The standard InChI is InChI=1S/C18H23N5O8S/c1-10(2)8-22-15(19)14(16(25)20-18(22)27)21(6-7-30-3)12(24)9-31-17(26)11-4-5-13(32-11)23(28)29/h4-5,10H,6-9,19H2,1-3H3,(H,20,25,27). The highest BCUT2D eigenvalue weighted by atomic mass is 32.1. The Balaban J connectivity index is 2.30. The van der Waals surface area contributed by atoms with Gasteiger partial charge >= 0.3 is 16.7 Å². The van der Waals surface area contributed by atoms with Crippen LogP contribution in [0.25, 0.3) is 0 Å². The van der Waals surface area contributed by atoms with Crippen molar-refractivity contribution in [2.75, 3.05) is 37.5 Å². The van der Waals surface area contributed by atoms with E-state index in [-0.39, 0.29) is 47.0 Å². The van der Waals surface area contributed by atoms with Crippen molar-refractivity contribution in [1.82, 2.24) is 9.55 Å². The van der Waals surface area contributed by atoms with Gasteiger partial charge in [0.2, 0.25) is 0 Å². The Kier molecular flexibility index (Phi) is 8.26. The molecule has 2 aromatic rings. The summed E-state index contributed by atoms with van der Waals surface area (Å²) in [6, 6.07) is 2.36. The van der Waals surface area contributed by atoms with Crippen LogP contribution in [0.5, 0.6) is 0 Å². The van der Waals surface area contributed by atoms with Crippen LogP contribution in [0.4, 0.5) is 16.5 Å². The van der Waals surface area contributed by atoms with Gasteiger partial charge in [0.05, 0.1) is 11.5 Å². The van der Waals surface area contributed by atoms with Gasteiger partial charge in [-0.25, -0.2) is 9.59 Å². The number of methoxy groups -OCH3 is 1. The average molecular weight is 469 g/mol. The third kappa shape index (κ3) is 5.79. The van der Waals surface area contributed by atoms with Gasteiger partial charge in [-0.3, -0.25) is 34.2 Å². The third-order valence-corrected chi connectivity index (χ3v) is 5.17. The molecule has 0 saturated carbocycles. The number of aromatic nitrogens is 2. The summed E-state index contributed by atoms with van der Waals surface area (Å²) in [7, 11) is 1.39. The Morgan fingerprint density at radius 2 is 2.03 bits per heavy atom. The van der Waals surface area contributed by atoms with Gasteiger partial charge in [0.15, 0.2) is 12.3 Å². The summed E-state index contributed by atoms with van der Waals surface area (Å²) in [5.74, 6) is -1.92. The first-order chi connectivity index (χ1) is 15.1. The molecule has 0 radical (unpaired) electrons. The van der Waals surface area contributed by atoms with E-state index in [2.05, 4.69) is 4.98 Å². The molecule has 0 unspecified atom stereocenters. The second-order valence-corrected chi connectivity index (χ2v) is 8.07. The molecule has 2 aromatic heterocycles. The van der Waals surface area contributed by atoms with Gasteiger partial charge in [0.25, 0.3) is 11.5 Å². The number of H-pyrrole nitrogens is 1. The van der Waals surface area contributed by atoms with E-state index >= 15 is 0 Å². The predicted molar refractivity (Wildman–Crippen MR) is 116 cm³/mol. The number of hydrogen-bond donors (Lipinski definition) is 2. The fourth-order valence-electron chi connectivity index (χ4n) is 2.74. The zero-order chi connectivity index (χ0) is 24.0. The van der Waals surface area contributed by atoms with Crippen molar-refractivity contribution >= 4 is 39.7 Å². The quantitative estimate of drug-likeness (QED) is 0.286. The predicted octanol–water partition coefficient (Wildman–Crippen LogP) is 0.581. The van der Waals surface area contributed by atoms with Crippen molar-refractivity contribution in [1.29, 1.82) is 0 Å². The molecule has 1 amide bonds. The topological polar surface area (TPSA) is 180 Å². The highest BCUT2D eigenvalue weighted by Crippen LogP contribution is 2.24. The van der Waals surface area contributed by atoms with E-state index in [1.165, 1.54) is 13.2 Å². The molecule has 0 aliphatic rings. The average Bonchev–Trinajstić information content (AvgIpc) is 3.22. The van der Waals surface area contributed by atoms with Crippen LogP contribution >= 0.6 is 11.3 Å². The van der Waals surface area contributed by atoms with Crippen molar-refractivity contribution in [3.8, 4) is 0 Å². The second-order valence-electron chi connectivity index (χ2n) is 7.01. The minimum Gasteiger partial charge on any atom is -0.451 e. The number of nitrogens with two attached hydrogens (primary N) is 1. The van der Waals surface area contributed by atoms with E-state index in [0.29, 0.717) is 11.3 Å². The number of anilines is 2. The molecule has 32 heavy (non-hydrogen) atoms. The number of nitrogens with one attached hydrogen (secondary N) is 1. The number of nitro groups is 1. The van der Waals surface area contributed by atoms with E-state index in [1.54, 1.807) is 0 Å². The van der Waals surface area contributed by atoms with Crippen molar-refractivity contribution in [2.24, 2.45) is 5.92 Å². The smallest absolute Gasteiger partial charge is 0.349 e. The van der Waals surface area contributed by atoms with Crippen molar-refractivity contribution in [2.45, 2.75) is 20.4 Å². The lowest BCUT2D eigenvalue weighted by Crippen LogP contribution is -2.44. The molecule has 14 heteroatoms. The number of carbonyl (C=O) groups is 2. The van der Waals surface area contributed by atoms with Gasteiger partial charge in [0, 0.05) is 26.3 Å². The molecule has 0 bridgehead atoms. The molecular weight excluding hydrogens is 446 g/mol. The van der Waals surface area contributed by atoms with Gasteiger partial charge in [-0.15, -0.1) is 0 Å². The first-order valence-electron chi connectivity index (χ1n) is 9.40. The fourth-order valence-corrected chi connectivity index (χ4v) is 3.45. The van der Waals surface area contributed by atoms with Gasteiger partial charge in [-0.1, -0.05) is 25.2 Å². The fraction of sp³-hybridized carbons (Fsp3) is 0.444. The van der Waals surface area contributed by atoms with Crippen LogP contribution in [-0.4, -0.2) is 53.2 Å². The minimum atomic E-state index is -0.935. The van der Waals surface area contributed by atoms with Crippen LogP contribution in [-0.2, 0) is 20.8 Å². The monoisotopic (exact) mass is 469 g/mol. The van der Waals surface area contributed by atoms with Crippen LogP contribution in [0.3, 0.4) is 0 Å². The van der Waals surface area contributed by atoms with E-state index in [9.17, 15) is 29.3 Å². The van der Waals surface area contributed by atoms with Crippen LogP contribution < -0.4 is 21.9 Å². The summed E-state index contributed by atoms with van der Waals surface area (Å²) in [5.41, 5.74) is 4.20. The number of hydrogen-bond acceptors (Lipinski definition) is 10. The van der Waals surface area contributed by atoms with Crippen LogP contribution in [0.1, 0.15) is 23.5 Å². The number of nitrogen functional groups attached to an aromatic ring is 1. The molecule has 2 heterocycles. The first-order valence-corrected chi connectivity index (χ1v) is 10.2. The van der Waals surface area contributed by atoms with E-state index in [0.717, 1.165) is 15.5 Å². The largest absolute Gasteiger partial charge is 0.451 e. The van der Waals surface area contributed by atoms with Crippen LogP contribution in [0.2, 0.25) is 0 Å². The molecule has 0 aliphatic heterocycles. The van der Waals surface area contributed by atoms with Gasteiger partial charge in [0.1, 0.15) is 10.7 Å². The molecule has 0 spiro atoms. The van der Waals surface area contributed by atoms with Crippen LogP contribution in [0.15, 0.2) is 21.7 Å². The Bertz CT molecular complexity index is 1120. The maximum absolute atomic E-state index is 12.8. The highest BCUT2D eigenvalue weighted by Gasteiger charge is 2.26. The Morgan fingerprint density at radius 3 is 2.59 bits per heavy atom. The molecule has 0 aromatic carbocycles. The highest BCUT2D eigenvalue weighted by molar-refractivity contribution is 7.17. The van der Waals surface area contributed by atoms with Crippen molar-refractivity contribution in [3.63, 3.8) is 0 Å². The number of rotatable bonds is 10. The number of carbonyl (C=O) groups excluding carboxylic acids is 2. The van der Waals surface area contributed by atoms with Crippen molar-refractivity contribution in [3.05, 3.63) is 48.0 Å². The lowest BCUT2D eigenvalue weighted by molar-refractivity contribution is -0.380. The Hall–Kier alpha value is -3.52. The van der Waals surface area contributed by atoms with Gasteiger partial charge in [-0.2, -0.15) is 0 Å². The van der Waals surface area contributed by atoms with E-state index in [1.807, 2.05) is 13.8 Å². The summed E-state index contributed by atoms with van der Waals surface area (Å²) in [6.45, 7) is 3.05. The Labute approximate surface area is 185 Å². The Morgan fingerprint density at radius 1 is 1.34 bits per heavy atom. The SMILES string of the molecule is COCCN(C(=O)COC(=O)c1ccc([N+](=O)[O-])s1)c1c(N)n(CC(C)C)c(=O)[nH]c1=O. The molecule has 0 atom stereocenters. The molecule has 3 N–H and O–H groups in total. The summed E-state index contributed by atoms with van der Waals surface area (Å²) in [5, 5.41) is 10.5. The molecule has 0 aliphatic carbocycles. The van der Waals surface area contributed by atoms with Gasteiger partial charge < -0.3 is 15.2 Å². The summed E-state index contributed by atoms with van der Waals surface area (Å²) >= 11 is 0.602. The molecule has 0 saturated heterocycles. The third-order valence-electron chi connectivity index (χ3n) is 4.15. The zero-order valence-corrected chi connectivity index (χ0v) is 18.5. The molecule has 174 valence electrons. The number of nitrogens with zero attached hydrogens (tertiary/aromatic N) is 3. The number of amides is 1.